The van der Waals surface area contributed by atoms with Crippen molar-refractivity contribution in [3.8, 4) is 0 Å². The number of rotatable bonds is 8. The molecule has 2 heteroatoms. The molecule has 1 aromatic rings. The van der Waals surface area contributed by atoms with Gasteiger partial charge in [0.15, 0.2) is 0 Å². The molecule has 1 aromatic carbocycles. The van der Waals surface area contributed by atoms with Gasteiger partial charge in [-0.2, -0.15) is 0 Å². The summed E-state index contributed by atoms with van der Waals surface area (Å²) in [5, 5.41) is 3.46. The number of ether oxygens (including phenoxy) is 1. The van der Waals surface area contributed by atoms with E-state index >= 15 is 0 Å². The second kappa shape index (κ2) is 8.26. The Morgan fingerprint density at radius 3 is 2.53 bits per heavy atom. The highest BCUT2D eigenvalue weighted by Gasteiger charge is 2.09. The summed E-state index contributed by atoms with van der Waals surface area (Å²) in [5.41, 5.74) is 2.78. The summed E-state index contributed by atoms with van der Waals surface area (Å²) in [5.74, 6) is 0.623. The molecule has 1 atom stereocenters. The van der Waals surface area contributed by atoms with Crippen LogP contribution in [-0.2, 0) is 4.74 Å². The fourth-order valence-corrected chi connectivity index (χ4v) is 2.02. The molecule has 0 amide bonds. The quantitative estimate of drug-likeness (QED) is 0.699. The maximum atomic E-state index is 5.04. The van der Waals surface area contributed by atoms with Crippen LogP contribution in [0.3, 0.4) is 0 Å². The normalized spacial score (nSPS) is 12.6. The maximum absolute atomic E-state index is 5.04. The van der Waals surface area contributed by atoms with Crippen LogP contribution >= 0.6 is 0 Å². The fraction of sp³-hybridized carbons (Fsp3) is 0.600. The summed E-state index contributed by atoms with van der Waals surface area (Å²) in [6.45, 7) is 7.14. The van der Waals surface area contributed by atoms with E-state index in [9.17, 15) is 0 Å². The van der Waals surface area contributed by atoms with Crippen molar-refractivity contribution in [2.75, 3.05) is 26.8 Å². The van der Waals surface area contributed by atoms with E-state index in [0.29, 0.717) is 5.92 Å². The lowest BCUT2D eigenvalue weighted by atomic mass is 9.94. The number of methoxy groups -OCH3 is 1. The van der Waals surface area contributed by atoms with Crippen molar-refractivity contribution in [1.29, 1.82) is 0 Å². The first kappa shape index (κ1) is 14.2. The van der Waals surface area contributed by atoms with Gasteiger partial charge in [0.1, 0.15) is 0 Å². The largest absolute Gasteiger partial charge is 0.383 e. The molecule has 2 nitrogen and oxygen atoms in total. The smallest absolute Gasteiger partial charge is 0.0587 e. The highest BCUT2D eigenvalue weighted by atomic mass is 16.5. The van der Waals surface area contributed by atoms with Gasteiger partial charge in [-0.15, -0.1) is 0 Å². The van der Waals surface area contributed by atoms with Gasteiger partial charge in [0.25, 0.3) is 0 Å². The van der Waals surface area contributed by atoms with Crippen LogP contribution in [0.2, 0.25) is 0 Å². The van der Waals surface area contributed by atoms with Gasteiger partial charge in [-0.1, -0.05) is 43.2 Å². The molecule has 0 aliphatic carbocycles. The Bertz CT molecular complexity index is 294. The molecule has 0 bridgehead atoms. The molecule has 1 unspecified atom stereocenters. The number of hydrogen-bond acceptors (Lipinski definition) is 2. The first-order chi connectivity index (χ1) is 8.27. The fourth-order valence-electron chi connectivity index (χ4n) is 2.02. The maximum Gasteiger partial charge on any atom is 0.0587 e. The Balaban J connectivity index is 2.49. The van der Waals surface area contributed by atoms with Crippen LogP contribution in [0.25, 0.3) is 0 Å². The van der Waals surface area contributed by atoms with Gasteiger partial charge in [0, 0.05) is 20.2 Å². The van der Waals surface area contributed by atoms with E-state index in [1.807, 2.05) is 0 Å². The van der Waals surface area contributed by atoms with Gasteiger partial charge in [-0.3, -0.25) is 0 Å². The third-order valence-electron chi connectivity index (χ3n) is 3.06. The molecule has 0 aliphatic rings. The van der Waals surface area contributed by atoms with E-state index in [1.54, 1.807) is 7.11 Å². The molecule has 0 fully saturated rings. The lowest BCUT2D eigenvalue weighted by Gasteiger charge is -2.17. The summed E-state index contributed by atoms with van der Waals surface area (Å²) in [6, 6.07) is 8.92. The topological polar surface area (TPSA) is 21.3 Å². The van der Waals surface area contributed by atoms with Crippen LogP contribution in [0.15, 0.2) is 24.3 Å². The van der Waals surface area contributed by atoms with Crippen LogP contribution in [0, 0.1) is 6.92 Å². The third kappa shape index (κ3) is 5.33. The Morgan fingerprint density at radius 2 is 1.94 bits per heavy atom. The van der Waals surface area contributed by atoms with Crippen LogP contribution in [0.5, 0.6) is 0 Å². The first-order valence-electron chi connectivity index (χ1n) is 6.54. The number of benzene rings is 1. The van der Waals surface area contributed by atoms with Gasteiger partial charge in [0.05, 0.1) is 6.61 Å². The number of nitrogens with one attached hydrogen (secondary N) is 1. The molecule has 17 heavy (non-hydrogen) atoms. The SMILES string of the molecule is CCCC(CNCCOC)c1ccc(C)cc1. The molecule has 0 aromatic heterocycles. The Morgan fingerprint density at radius 1 is 1.24 bits per heavy atom. The molecule has 0 saturated carbocycles. The summed E-state index contributed by atoms with van der Waals surface area (Å²) in [6.07, 6.45) is 2.47. The van der Waals surface area contributed by atoms with Gasteiger partial charge >= 0.3 is 0 Å². The van der Waals surface area contributed by atoms with E-state index in [0.717, 1.165) is 19.7 Å². The van der Waals surface area contributed by atoms with E-state index in [1.165, 1.54) is 24.0 Å². The summed E-state index contributed by atoms with van der Waals surface area (Å²) in [7, 11) is 1.74. The minimum Gasteiger partial charge on any atom is -0.383 e. The average molecular weight is 235 g/mol. The molecule has 0 aliphatic heterocycles. The van der Waals surface area contributed by atoms with Gasteiger partial charge in [0.2, 0.25) is 0 Å². The van der Waals surface area contributed by atoms with Crippen molar-refractivity contribution in [3.63, 3.8) is 0 Å². The molecule has 1 rings (SSSR count). The highest BCUT2D eigenvalue weighted by molar-refractivity contribution is 5.24. The molecular formula is C15H25NO. The summed E-state index contributed by atoms with van der Waals surface area (Å²) in [4.78, 5) is 0. The number of hydrogen-bond donors (Lipinski definition) is 1. The minimum atomic E-state index is 0.623. The van der Waals surface area contributed by atoms with E-state index in [2.05, 4.69) is 43.4 Å². The van der Waals surface area contributed by atoms with Crippen molar-refractivity contribution < 1.29 is 4.74 Å². The van der Waals surface area contributed by atoms with E-state index in [4.69, 9.17) is 4.74 Å². The second-order valence-corrected chi connectivity index (χ2v) is 4.59. The zero-order chi connectivity index (χ0) is 12.5. The van der Waals surface area contributed by atoms with E-state index < -0.39 is 0 Å². The second-order valence-electron chi connectivity index (χ2n) is 4.59. The monoisotopic (exact) mass is 235 g/mol. The Kier molecular flexibility index (Phi) is 6.90. The summed E-state index contributed by atoms with van der Waals surface area (Å²) < 4.78 is 5.04. The molecule has 1 N–H and O–H groups in total. The van der Waals surface area contributed by atoms with Crippen LogP contribution in [0.4, 0.5) is 0 Å². The predicted molar refractivity (Wildman–Crippen MR) is 73.6 cm³/mol. The van der Waals surface area contributed by atoms with Crippen LogP contribution < -0.4 is 5.32 Å². The zero-order valence-electron chi connectivity index (χ0n) is 11.3. The van der Waals surface area contributed by atoms with Crippen molar-refractivity contribution >= 4 is 0 Å². The van der Waals surface area contributed by atoms with Gasteiger partial charge < -0.3 is 10.1 Å². The summed E-state index contributed by atoms with van der Waals surface area (Å²) >= 11 is 0. The third-order valence-corrected chi connectivity index (χ3v) is 3.06. The van der Waals surface area contributed by atoms with Crippen LogP contribution in [-0.4, -0.2) is 26.8 Å². The number of aryl methyl sites for hydroxylation is 1. The average Bonchev–Trinajstić information content (AvgIpc) is 2.34. The van der Waals surface area contributed by atoms with E-state index in [-0.39, 0.29) is 0 Å². The van der Waals surface area contributed by atoms with Gasteiger partial charge in [-0.25, -0.2) is 0 Å². The minimum absolute atomic E-state index is 0.623. The van der Waals surface area contributed by atoms with Crippen molar-refractivity contribution in [2.45, 2.75) is 32.6 Å². The Hall–Kier alpha value is -0.860. The van der Waals surface area contributed by atoms with Crippen LogP contribution in [0.1, 0.15) is 36.8 Å². The highest BCUT2D eigenvalue weighted by Crippen LogP contribution is 2.20. The van der Waals surface area contributed by atoms with Gasteiger partial charge in [-0.05, 0) is 24.8 Å². The zero-order valence-corrected chi connectivity index (χ0v) is 11.3. The molecule has 0 spiro atoms. The predicted octanol–water partition coefficient (Wildman–Crippen LogP) is 3.11. The molecule has 0 saturated heterocycles. The van der Waals surface area contributed by atoms with Crippen molar-refractivity contribution in [3.05, 3.63) is 35.4 Å². The van der Waals surface area contributed by atoms with Crippen molar-refractivity contribution in [2.24, 2.45) is 0 Å². The standard InChI is InChI=1S/C15H25NO/c1-4-5-15(12-16-10-11-17-3)14-8-6-13(2)7-9-14/h6-9,15-16H,4-5,10-12H2,1-3H3. The molecular weight excluding hydrogens is 210 g/mol. The molecule has 0 radical (unpaired) electrons. The molecule has 0 heterocycles. The molecule has 96 valence electrons. The lowest BCUT2D eigenvalue weighted by Crippen LogP contribution is -2.25. The Labute approximate surface area is 105 Å². The van der Waals surface area contributed by atoms with Crippen molar-refractivity contribution in [1.82, 2.24) is 5.32 Å². The lowest BCUT2D eigenvalue weighted by molar-refractivity contribution is 0.198. The first-order valence-corrected chi connectivity index (χ1v) is 6.54.